The fourth-order valence-corrected chi connectivity index (χ4v) is 3.55. The minimum Gasteiger partial charge on any atom is -0.473 e. The van der Waals surface area contributed by atoms with Crippen LogP contribution in [-0.2, 0) is 4.79 Å². The maximum absolute atomic E-state index is 12.6. The Morgan fingerprint density at radius 2 is 1.88 bits per heavy atom. The van der Waals surface area contributed by atoms with Crippen molar-refractivity contribution >= 4 is 35.0 Å². The first-order valence-corrected chi connectivity index (χ1v) is 9.16. The number of amides is 2. The zero-order valence-corrected chi connectivity index (χ0v) is 14.6. The van der Waals surface area contributed by atoms with Gasteiger partial charge in [-0.05, 0) is 48.6 Å². The van der Waals surface area contributed by atoms with E-state index in [1.807, 2.05) is 11.8 Å². The number of nitrogens with one attached hydrogen (secondary N) is 2. The van der Waals surface area contributed by atoms with E-state index < -0.39 is 0 Å². The molecule has 0 aliphatic carbocycles. The number of nitrogens with zero attached hydrogens (tertiary/aromatic N) is 1. The topological polar surface area (TPSA) is 80.3 Å². The summed E-state index contributed by atoms with van der Waals surface area (Å²) in [4.78, 5) is 27.8. The van der Waals surface area contributed by atoms with Crippen LogP contribution in [0.3, 0.4) is 0 Å². The molecular formula is C18H19N3O3S. The summed E-state index contributed by atoms with van der Waals surface area (Å²) in [7, 11) is 0. The summed E-state index contributed by atoms with van der Waals surface area (Å²) in [5.41, 5.74) is 1.71. The molecule has 1 atom stereocenters. The molecule has 0 radical (unpaired) electrons. The van der Waals surface area contributed by atoms with Crippen LogP contribution in [0.25, 0.3) is 0 Å². The molecule has 130 valence electrons. The fraction of sp³-hybridized carbons (Fsp3) is 0.278. The minimum absolute atomic E-state index is 0.100. The summed E-state index contributed by atoms with van der Waals surface area (Å²) in [5.74, 6) is 1.93. The SMILES string of the molecule is CC(=O)Nc1ccc(NC(=O)c2cccnc2OC2CCSC2)cc1. The van der Waals surface area contributed by atoms with E-state index in [9.17, 15) is 9.59 Å². The Morgan fingerprint density at radius 1 is 1.16 bits per heavy atom. The standard InChI is InChI=1S/C18H19N3O3S/c1-12(22)20-13-4-6-14(7-5-13)21-17(23)16-3-2-9-19-18(16)24-15-8-10-25-11-15/h2-7,9,15H,8,10-11H2,1H3,(H,20,22)(H,21,23). The molecule has 7 heteroatoms. The van der Waals surface area contributed by atoms with Crippen LogP contribution in [0.5, 0.6) is 5.88 Å². The van der Waals surface area contributed by atoms with Crippen LogP contribution >= 0.6 is 11.8 Å². The van der Waals surface area contributed by atoms with Gasteiger partial charge in [-0.1, -0.05) is 0 Å². The molecule has 2 heterocycles. The molecule has 6 nitrogen and oxygen atoms in total. The van der Waals surface area contributed by atoms with E-state index in [-0.39, 0.29) is 17.9 Å². The molecule has 2 amide bonds. The number of carbonyl (C=O) groups is 2. The van der Waals surface area contributed by atoms with E-state index in [1.54, 1.807) is 42.6 Å². The second kappa shape index (κ2) is 8.02. The second-order valence-electron chi connectivity index (χ2n) is 5.67. The number of benzene rings is 1. The summed E-state index contributed by atoms with van der Waals surface area (Å²) in [6.45, 7) is 1.45. The minimum atomic E-state index is -0.277. The first kappa shape index (κ1) is 17.3. The first-order chi connectivity index (χ1) is 12.1. The van der Waals surface area contributed by atoms with Crippen LogP contribution in [0.15, 0.2) is 42.6 Å². The van der Waals surface area contributed by atoms with Crippen molar-refractivity contribution in [3.63, 3.8) is 0 Å². The lowest BCUT2D eigenvalue weighted by Gasteiger charge is -2.14. The number of anilines is 2. The van der Waals surface area contributed by atoms with Gasteiger partial charge in [0.15, 0.2) is 0 Å². The highest BCUT2D eigenvalue weighted by molar-refractivity contribution is 7.99. The maximum Gasteiger partial charge on any atom is 0.261 e. The Kier molecular flexibility index (Phi) is 5.55. The van der Waals surface area contributed by atoms with Crippen molar-refractivity contribution in [1.82, 2.24) is 4.98 Å². The molecule has 3 rings (SSSR count). The van der Waals surface area contributed by atoms with Crippen LogP contribution in [0.2, 0.25) is 0 Å². The molecule has 2 aromatic rings. The fourth-order valence-electron chi connectivity index (χ4n) is 2.46. The average Bonchev–Trinajstić information content (AvgIpc) is 3.10. The van der Waals surface area contributed by atoms with Gasteiger partial charge in [0.2, 0.25) is 11.8 Å². The van der Waals surface area contributed by atoms with E-state index in [2.05, 4.69) is 15.6 Å². The number of aromatic nitrogens is 1. The number of carbonyl (C=O) groups excluding carboxylic acids is 2. The van der Waals surface area contributed by atoms with Gasteiger partial charge < -0.3 is 15.4 Å². The Labute approximate surface area is 150 Å². The van der Waals surface area contributed by atoms with Crippen molar-refractivity contribution in [2.45, 2.75) is 19.4 Å². The molecule has 1 fully saturated rings. The Bertz CT molecular complexity index is 758. The molecule has 2 N–H and O–H groups in total. The van der Waals surface area contributed by atoms with Crippen molar-refractivity contribution in [2.24, 2.45) is 0 Å². The van der Waals surface area contributed by atoms with Crippen LogP contribution < -0.4 is 15.4 Å². The molecule has 1 aliphatic rings. The Balaban J connectivity index is 1.69. The average molecular weight is 357 g/mol. The third-order valence-corrected chi connectivity index (χ3v) is 4.78. The van der Waals surface area contributed by atoms with Gasteiger partial charge in [-0.2, -0.15) is 11.8 Å². The smallest absolute Gasteiger partial charge is 0.261 e. The zero-order valence-electron chi connectivity index (χ0n) is 13.8. The van der Waals surface area contributed by atoms with Gasteiger partial charge in [0.05, 0.1) is 0 Å². The third-order valence-electron chi connectivity index (χ3n) is 3.65. The summed E-state index contributed by atoms with van der Waals surface area (Å²) in [6.07, 6.45) is 2.69. The summed E-state index contributed by atoms with van der Waals surface area (Å²) in [5, 5.41) is 5.51. The third kappa shape index (κ3) is 4.73. The summed E-state index contributed by atoms with van der Waals surface area (Å²) >= 11 is 1.84. The number of hydrogen-bond acceptors (Lipinski definition) is 5. The van der Waals surface area contributed by atoms with Crippen molar-refractivity contribution in [2.75, 3.05) is 22.1 Å². The van der Waals surface area contributed by atoms with Crippen molar-refractivity contribution in [3.05, 3.63) is 48.2 Å². The van der Waals surface area contributed by atoms with E-state index in [4.69, 9.17) is 4.74 Å². The van der Waals surface area contributed by atoms with E-state index in [1.165, 1.54) is 6.92 Å². The molecule has 1 unspecified atom stereocenters. The van der Waals surface area contributed by atoms with Gasteiger partial charge in [0, 0.05) is 30.2 Å². The molecule has 1 aliphatic heterocycles. The quantitative estimate of drug-likeness (QED) is 0.859. The highest BCUT2D eigenvalue weighted by atomic mass is 32.2. The molecule has 1 saturated heterocycles. The van der Waals surface area contributed by atoms with E-state index in [0.717, 1.165) is 17.9 Å². The van der Waals surface area contributed by atoms with E-state index in [0.29, 0.717) is 22.8 Å². The lowest BCUT2D eigenvalue weighted by atomic mass is 10.2. The predicted molar refractivity (Wildman–Crippen MR) is 99.3 cm³/mol. The number of pyridine rings is 1. The van der Waals surface area contributed by atoms with Gasteiger partial charge in [-0.25, -0.2) is 4.98 Å². The van der Waals surface area contributed by atoms with Crippen molar-refractivity contribution in [1.29, 1.82) is 0 Å². The van der Waals surface area contributed by atoms with Gasteiger partial charge >= 0.3 is 0 Å². The highest BCUT2D eigenvalue weighted by Gasteiger charge is 2.21. The number of ether oxygens (including phenoxy) is 1. The zero-order chi connectivity index (χ0) is 17.6. The van der Waals surface area contributed by atoms with Crippen molar-refractivity contribution in [3.8, 4) is 5.88 Å². The predicted octanol–water partition coefficient (Wildman–Crippen LogP) is 3.18. The van der Waals surface area contributed by atoms with Crippen LogP contribution in [0, 0.1) is 0 Å². The highest BCUT2D eigenvalue weighted by Crippen LogP contribution is 2.25. The largest absolute Gasteiger partial charge is 0.473 e. The summed E-state index contributed by atoms with van der Waals surface area (Å²) in [6, 6.07) is 10.3. The Morgan fingerprint density at radius 3 is 2.52 bits per heavy atom. The van der Waals surface area contributed by atoms with E-state index >= 15 is 0 Å². The van der Waals surface area contributed by atoms with Gasteiger partial charge in [-0.15, -0.1) is 0 Å². The molecular weight excluding hydrogens is 338 g/mol. The van der Waals surface area contributed by atoms with Crippen LogP contribution in [-0.4, -0.2) is 34.4 Å². The molecule has 0 saturated carbocycles. The normalized spacial score (nSPS) is 16.3. The number of hydrogen-bond donors (Lipinski definition) is 2. The lowest BCUT2D eigenvalue weighted by molar-refractivity contribution is -0.114. The number of rotatable bonds is 5. The summed E-state index contributed by atoms with van der Waals surface area (Å²) < 4.78 is 5.89. The van der Waals surface area contributed by atoms with Gasteiger partial charge in [0.1, 0.15) is 11.7 Å². The van der Waals surface area contributed by atoms with Crippen molar-refractivity contribution < 1.29 is 14.3 Å². The molecule has 1 aromatic carbocycles. The Hall–Kier alpha value is -2.54. The van der Waals surface area contributed by atoms with Gasteiger partial charge in [0.25, 0.3) is 5.91 Å². The molecule has 0 bridgehead atoms. The first-order valence-electron chi connectivity index (χ1n) is 8.00. The number of thioether (sulfide) groups is 1. The molecule has 25 heavy (non-hydrogen) atoms. The van der Waals surface area contributed by atoms with Crippen LogP contribution in [0.4, 0.5) is 11.4 Å². The van der Waals surface area contributed by atoms with Gasteiger partial charge in [-0.3, -0.25) is 9.59 Å². The lowest BCUT2D eigenvalue weighted by Crippen LogP contribution is -2.20. The monoisotopic (exact) mass is 357 g/mol. The molecule has 0 spiro atoms. The van der Waals surface area contributed by atoms with Crippen LogP contribution in [0.1, 0.15) is 23.7 Å². The molecule has 1 aromatic heterocycles. The second-order valence-corrected chi connectivity index (χ2v) is 6.82. The maximum atomic E-state index is 12.6.